The van der Waals surface area contributed by atoms with Crippen molar-refractivity contribution in [2.75, 3.05) is 6.54 Å². The number of amides is 3. The van der Waals surface area contributed by atoms with Gasteiger partial charge in [0.15, 0.2) is 0 Å². The standard InChI is InChI=1S/C26H28FN7O5/c1-14-10-15(2-3-16(14)27)12-29-21(36)17-11-18(34-24(31-17)32-20(33-34)19(28)35)22(37)30-13-25-4-7-26(8-5-25,9-6-25)23(38)39/h2-3,10-11H,4-9,12-13H2,1H3,(H2,28,35)(H,29,36)(H,30,37)(H,38,39). The first-order valence-electron chi connectivity index (χ1n) is 12.6. The fourth-order valence-corrected chi connectivity index (χ4v) is 5.55. The third-order valence-corrected chi connectivity index (χ3v) is 8.15. The summed E-state index contributed by atoms with van der Waals surface area (Å²) in [7, 11) is 0. The summed E-state index contributed by atoms with van der Waals surface area (Å²) in [5, 5.41) is 19.2. The SMILES string of the molecule is Cc1cc(CNC(=O)c2cc(C(=O)NCC34CCC(C(=O)O)(CC3)CC4)n3nc(C(N)=O)nc3n2)ccc1F. The predicted molar refractivity (Wildman–Crippen MR) is 134 cm³/mol. The number of nitrogens with one attached hydrogen (secondary N) is 2. The number of carboxylic acids is 1. The van der Waals surface area contributed by atoms with Crippen LogP contribution in [0.3, 0.4) is 0 Å². The molecular weight excluding hydrogens is 509 g/mol. The fourth-order valence-electron chi connectivity index (χ4n) is 5.55. The van der Waals surface area contributed by atoms with E-state index in [0.29, 0.717) is 56.2 Å². The zero-order valence-electron chi connectivity index (χ0n) is 21.3. The Hall–Kier alpha value is -4.42. The first-order valence-corrected chi connectivity index (χ1v) is 12.6. The first-order chi connectivity index (χ1) is 18.5. The van der Waals surface area contributed by atoms with Crippen molar-refractivity contribution in [2.24, 2.45) is 16.6 Å². The molecule has 0 atom stereocenters. The third kappa shape index (κ3) is 4.91. The van der Waals surface area contributed by atoms with Gasteiger partial charge < -0.3 is 21.5 Å². The second-order valence-electron chi connectivity index (χ2n) is 10.6. The number of aryl methyl sites for hydroxylation is 1. The monoisotopic (exact) mass is 537 g/mol. The molecule has 5 N–H and O–H groups in total. The van der Waals surface area contributed by atoms with Gasteiger partial charge >= 0.3 is 5.97 Å². The number of aliphatic carboxylic acids is 1. The highest BCUT2D eigenvalue weighted by Crippen LogP contribution is 2.56. The maximum absolute atomic E-state index is 13.6. The summed E-state index contributed by atoms with van der Waals surface area (Å²) in [6, 6.07) is 5.72. The normalized spacial score (nSPS) is 22.0. The molecule has 3 aromatic rings. The van der Waals surface area contributed by atoms with Crippen LogP contribution in [-0.4, -0.2) is 54.9 Å². The largest absolute Gasteiger partial charge is 0.481 e. The first kappa shape index (κ1) is 26.2. The molecule has 3 saturated carbocycles. The molecular formula is C26H28FN7O5. The third-order valence-electron chi connectivity index (χ3n) is 8.15. The highest BCUT2D eigenvalue weighted by Gasteiger charge is 2.52. The van der Waals surface area contributed by atoms with E-state index in [4.69, 9.17) is 5.73 Å². The van der Waals surface area contributed by atoms with Gasteiger partial charge in [0.25, 0.3) is 23.5 Å². The quantitative estimate of drug-likeness (QED) is 0.335. The lowest BCUT2D eigenvalue weighted by atomic mass is 9.53. The number of primary amides is 1. The number of fused-ring (bicyclic) bond motifs is 4. The average Bonchev–Trinajstić information content (AvgIpc) is 3.37. The molecule has 3 amide bonds. The van der Waals surface area contributed by atoms with E-state index in [9.17, 15) is 28.7 Å². The number of benzene rings is 1. The van der Waals surface area contributed by atoms with E-state index in [1.54, 1.807) is 19.1 Å². The molecule has 1 aromatic carbocycles. The van der Waals surface area contributed by atoms with Crippen LogP contribution in [0.1, 0.15) is 81.2 Å². The molecule has 39 heavy (non-hydrogen) atoms. The molecule has 2 aromatic heterocycles. The van der Waals surface area contributed by atoms with Crippen LogP contribution in [0.25, 0.3) is 5.78 Å². The molecule has 0 radical (unpaired) electrons. The van der Waals surface area contributed by atoms with Crippen molar-refractivity contribution >= 4 is 29.5 Å². The van der Waals surface area contributed by atoms with E-state index < -0.39 is 29.1 Å². The summed E-state index contributed by atoms with van der Waals surface area (Å²) in [6.07, 6.45) is 3.78. The topological polar surface area (TPSA) is 182 Å². The van der Waals surface area contributed by atoms with Crippen molar-refractivity contribution in [3.8, 4) is 0 Å². The number of rotatable bonds is 8. The van der Waals surface area contributed by atoms with Crippen LogP contribution in [0.5, 0.6) is 0 Å². The minimum atomic E-state index is -0.922. The van der Waals surface area contributed by atoms with E-state index in [-0.39, 0.29) is 40.8 Å². The summed E-state index contributed by atoms with van der Waals surface area (Å²) in [6.45, 7) is 2.04. The minimum absolute atomic E-state index is 0.0642. The summed E-state index contributed by atoms with van der Waals surface area (Å²) in [4.78, 5) is 57.8. The van der Waals surface area contributed by atoms with Crippen molar-refractivity contribution in [3.63, 3.8) is 0 Å². The second kappa shape index (κ2) is 9.71. The number of aromatic nitrogens is 4. The van der Waals surface area contributed by atoms with Crippen LogP contribution < -0.4 is 16.4 Å². The van der Waals surface area contributed by atoms with Crippen molar-refractivity contribution in [2.45, 2.75) is 52.0 Å². The fraction of sp³-hybridized carbons (Fsp3) is 0.423. The minimum Gasteiger partial charge on any atom is -0.481 e. The Balaban J connectivity index is 1.36. The molecule has 0 spiro atoms. The van der Waals surface area contributed by atoms with Gasteiger partial charge in [-0.2, -0.15) is 9.50 Å². The summed E-state index contributed by atoms with van der Waals surface area (Å²) in [5.41, 5.74) is 5.36. The van der Waals surface area contributed by atoms with Crippen LogP contribution in [0, 0.1) is 23.6 Å². The molecule has 2 heterocycles. The lowest BCUT2D eigenvalue weighted by Crippen LogP contribution is -2.50. The molecule has 2 bridgehead atoms. The van der Waals surface area contributed by atoms with Crippen LogP contribution in [0.4, 0.5) is 4.39 Å². The van der Waals surface area contributed by atoms with Crippen LogP contribution in [0.2, 0.25) is 0 Å². The van der Waals surface area contributed by atoms with Crippen LogP contribution >= 0.6 is 0 Å². The number of carbonyl (C=O) groups excluding carboxylic acids is 3. The van der Waals surface area contributed by atoms with Crippen molar-refractivity contribution in [1.29, 1.82) is 0 Å². The Bertz CT molecular complexity index is 1490. The van der Waals surface area contributed by atoms with Crippen molar-refractivity contribution in [3.05, 3.63) is 58.4 Å². The zero-order chi connectivity index (χ0) is 27.9. The average molecular weight is 538 g/mol. The summed E-state index contributed by atoms with van der Waals surface area (Å²) >= 11 is 0. The molecule has 3 aliphatic rings. The van der Waals surface area contributed by atoms with E-state index in [1.807, 2.05) is 0 Å². The number of carboxylic acid groups (broad SMARTS) is 1. The van der Waals surface area contributed by atoms with Gasteiger partial charge in [-0.05, 0) is 68.1 Å². The molecule has 3 aliphatic carbocycles. The van der Waals surface area contributed by atoms with Gasteiger partial charge in [-0.15, -0.1) is 5.10 Å². The molecule has 0 aliphatic heterocycles. The van der Waals surface area contributed by atoms with Gasteiger partial charge in [0.1, 0.15) is 17.2 Å². The number of carbonyl (C=O) groups is 4. The van der Waals surface area contributed by atoms with Gasteiger partial charge in [-0.1, -0.05) is 12.1 Å². The Morgan fingerprint density at radius 1 is 1.03 bits per heavy atom. The Morgan fingerprint density at radius 3 is 2.33 bits per heavy atom. The van der Waals surface area contributed by atoms with Crippen LogP contribution in [-0.2, 0) is 11.3 Å². The summed E-state index contributed by atoms with van der Waals surface area (Å²) < 4.78 is 14.6. The predicted octanol–water partition coefficient (Wildman–Crippen LogP) is 1.76. The van der Waals surface area contributed by atoms with Gasteiger partial charge in [0.05, 0.1) is 5.41 Å². The second-order valence-corrected chi connectivity index (χ2v) is 10.6. The number of halogens is 1. The summed E-state index contributed by atoms with van der Waals surface area (Å²) in [5.74, 6) is -3.71. The van der Waals surface area contributed by atoms with Gasteiger partial charge in [0.2, 0.25) is 5.82 Å². The Kier molecular flexibility index (Phi) is 6.52. The number of hydrogen-bond acceptors (Lipinski definition) is 7. The van der Waals surface area contributed by atoms with E-state index in [1.165, 1.54) is 12.1 Å². The molecule has 12 nitrogen and oxygen atoms in total. The maximum Gasteiger partial charge on any atom is 0.309 e. The Morgan fingerprint density at radius 2 is 1.72 bits per heavy atom. The lowest BCUT2D eigenvalue weighted by Gasteiger charge is -2.51. The molecule has 0 unspecified atom stereocenters. The van der Waals surface area contributed by atoms with E-state index in [0.717, 1.165) is 4.52 Å². The van der Waals surface area contributed by atoms with Gasteiger partial charge in [-0.3, -0.25) is 19.2 Å². The highest BCUT2D eigenvalue weighted by atomic mass is 19.1. The Labute approximate surface area is 222 Å². The molecule has 204 valence electrons. The smallest absolute Gasteiger partial charge is 0.309 e. The molecule has 6 rings (SSSR count). The molecule has 3 fully saturated rings. The molecule has 13 heteroatoms. The highest BCUT2D eigenvalue weighted by molar-refractivity contribution is 5.98. The molecule has 0 saturated heterocycles. The number of nitrogens with zero attached hydrogens (tertiary/aromatic N) is 4. The van der Waals surface area contributed by atoms with Crippen molar-refractivity contribution < 1.29 is 28.7 Å². The maximum atomic E-state index is 13.6. The van der Waals surface area contributed by atoms with Crippen molar-refractivity contribution in [1.82, 2.24) is 30.2 Å². The zero-order valence-corrected chi connectivity index (χ0v) is 21.3. The van der Waals surface area contributed by atoms with Gasteiger partial charge in [0, 0.05) is 19.2 Å². The van der Waals surface area contributed by atoms with Crippen LogP contribution in [0.15, 0.2) is 24.3 Å². The van der Waals surface area contributed by atoms with E-state index >= 15 is 0 Å². The lowest BCUT2D eigenvalue weighted by molar-refractivity contribution is -0.158. The van der Waals surface area contributed by atoms with Gasteiger partial charge in [-0.25, -0.2) is 9.37 Å². The number of nitrogens with two attached hydrogens (primary N) is 1. The number of hydrogen-bond donors (Lipinski definition) is 4. The van der Waals surface area contributed by atoms with E-state index in [2.05, 4.69) is 25.7 Å².